The van der Waals surface area contributed by atoms with Gasteiger partial charge in [-0.2, -0.15) is 0 Å². The number of hydrogen-bond acceptors (Lipinski definition) is 4. The molecule has 0 spiro atoms. The molecule has 1 aromatic carbocycles. The third-order valence-electron chi connectivity index (χ3n) is 2.70. The number of aromatic amines is 1. The zero-order chi connectivity index (χ0) is 15.4. The van der Waals surface area contributed by atoms with E-state index < -0.39 is 17.3 Å². The van der Waals surface area contributed by atoms with Crippen molar-refractivity contribution in [3.8, 4) is 0 Å². The lowest BCUT2D eigenvalue weighted by Gasteiger charge is -2.08. The Morgan fingerprint density at radius 1 is 1.29 bits per heavy atom. The van der Waals surface area contributed by atoms with Gasteiger partial charge >= 0.3 is 5.97 Å². The van der Waals surface area contributed by atoms with Crippen molar-refractivity contribution < 1.29 is 14.3 Å². The van der Waals surface area contributed by atoms with Crippen LogP contribution in [0.15, 0.2) is 41.5 Å². The van der Waals surface area contributed by atoms with E-state index in [1.807, 2.05) is 0 Å². The molecule has 2 N–H and O–H groups in total. The van der Waals surface area contributed by atoms with Crippen molar-refractivity contribution in [2.24, 2.45) is 0 Å². The van der Waals surface area contributed by atoms with E-state index in [4.69, 9.17) is 11.6 Å². The van der Waals surface area contributed by atoms with Crippen LogP contribution in [0.5, 0.6) is 0 Å². The average Bonchev–Trinajstić information content (AvgIpc) is 2.49. The number of carbonyl (C=O) groups is 2. The molecule has 0 aliphatic rings. The van der Waals surface area contributed by atoms with Gasteiger partial charge in [0.25, 0.3) is 5.91 Å². The highest BCUT2D eigenvalue weighted by Gasteiger charge is 2.14. The Hall–Kier alpha value is -2.60. The van der Waals surface area contributed by atoms with Crippen LogP contribution in [0, 0.1) is 0 Å². The number of esters is 1. The van der Waals surface area contributed by atoms with E-state index in [0.717, 1.165) is 0 Å². The van der Waals surface area contributed by atoms with Crippen molar-refractivity contribution in [3.05, 3.63) is 63.0 Å². The lowest BCUT2D eigenvalue weighted by atomic mass is 10.2. The van der Waals surface area contributed by atoms with E-state index in [2.05, 4.69) is 15.0 Å². The first kappa shape index (κ1) is 14.8. The summed E-state index contributed by atoms with van der Waals surface area (Å²) in [5.41, 5.74) is -0.0319. The minimum absolute atomic E-state index is 0.0583. The summed E-state index contributed by atoms with van der Waals surface area (Å²) in [4.78, 5) is 37.7. The van der Waals surface area contributed by atoms with Crippen LogP contribution in [-0.2, 0) is 4.74 Å². The zero-order valence-corrected chi connectivity index (χ0v) is 11.7. The van der Waals surface area contributed by atoms with Crippen LogP contribution in [0.1, 0.15) is 20.7 Å². The molecule has 21 heavy (non-hydrogen) atoms. The van der Waals surface area contributed by atoms with Gasteiger partial charge < -0.3 is 15.0 Å². The van der Waals surface area contributed by atoms with Gasteiger partial charge in [-0.25, -0.2) is 4.79 Å². The van der Waals surface area contributed by atoms with Gasteiger partial charge in [0.05, 0.1) is 23.4 Å². The van der Waals surface area contributed by atoms with Gasteiger partial charge in [0, 0.05) is 18.5 Å². The second-order valence-electron chi connectivity index (χ2n) is 4.06. The molecule has 0 fully saturated rings. The largest absolute Gasteiger partial charge is 0.465 e. The molecule has 108 valence electrons. The minimum Gasteiger partial charge on any atom is -0.465 e. The molecule has 0 aliphatic heterocycles. The number of pyridine rings is 1. The fraction of sp³-hybridized carbons (Fsp3) is 0.0714. The van der Waals surface area contributed by atoms with Crippen molar-refractivity contribution >= 4 is 29.2 Å². The lowest BCUT2D eigenvalue weighted by molar-refractivity contribution is 0.0600. The molecule has 0 aliphatic carbocycles. The molecule has 2 rings (SSSR count). The van der Waals surface area contributed by atoms with Crippen molar-refractivity contribution in [2.75, 3.05) is 12.4 Å². The monoisotopic (exact) mass is 306 g/mol. The van der Waals surface area contributed by atoms with E-state index in [9.17, 15) is 14.4 Å². The Morgan fingerprint density at radius 3 is 2.71 bits per heavy atom. The first-order valence-electron chi connectivity index (χ1n) is 5.89. The Morgan fingerprint density at radius 2 is 2.05 bits per heavy atom. The number of benzene rings is 1. The van der Waals surface area contributed by atoms with Crippen LogP contribution in [0.4, 0.5) is 5.69 Å². The maximum absolute atomic E-state index is 12.0. The quantitative estimate of drug-likeness (QED) is 0.850. The molecule has 6 nitrogen and oxygen atoms in total. The van der Waals surface area contributed by atoms with E-state index >= 15 is 0 Å². The smallest absolute Gasteiger partial charge is 0.337 e. The molecule has 7 heteroatoms. The molecule has 0 saturated heterocycles. The summed E-state index contributed by atoms with van der Waals surface area (Å²) in [5.74, 6) is -1.18. The molecule has 0 saturated carbocycles. The zero-order valence-electron chi connectivity index (χ0n) is 11.0. The number of nitrogens with one attached hydrogen (secondary N) is 2. The predicted octanol–water partition coefficient (Wildman–Crippen LogP) is 2.07. The van der Waals surface area contributed by atoms with E-state index in [1.54, 1.807) is 0 Å². The fourth-order valence-corrected chi connectivity index (χ4v) is 1.81. The SMILES string of the molecule is COC(=O)c1ccc(Cl)c(NC(=O)c2c[nH]ccc2=O)c1. The van der Waals surface area contributed by atoms with Crippen molar-refractivity contribution in [3.63, 3.8) is 0 Å². The summed E-state index contributed by atoms with van der Waals surface area (Å²) < 4.78 is 4.59. The van der Waals surface area contributed by atoms with E-state index in [-0.39, 0.29) is 21.8 Å². The number of rotatable bonds is 3. The molecule has 2 aromatic rings. The summed E-state index contributed by atoms with van der Waals surface area (Å²) in [6.45, 7) is 0. The van der Waals surface area contributed by atoms with Crippen LogP contribution < -0.4 is 10.7 Å². The Kier molecular flexibility index (Phi) is 4.39. The van der Waals surface area contributed by atoms with Gasteiger partial charge in [-0.3, -0.25) is 9.59 Å². The minimum atomic E-state index is -0.624. The molecule has 0 radical (unpaired) electrons. The van der Waals surface area contributed by atoms with Crippen LogP contribution in [0.25, 0.3) is 0 Å². The molecule has 1 aromatic heterocycles. The molecule has 0 atom stereocenters. The number of hydrogen-bond donors (Lipinski definition) is 2. The number of ether oxygens (including phenoxy) is 1. The van der Waals surface area contributed by atoms with Gasteiger partial charge in [0.15, 0.2) is 5.43 Å². The van der Waals surface area contributed by atoms with Crippen molar-refractivity contribution in [1.29, 1.82) is 0 Å². The third-order valence-corrected chi connectivity index (χ3v) is 3.03. The van der Waals surface area contributed by atoms with E-state index in [1.165, 1.54) is 43.8 Å². The highest BCUT2D eigenvalue weighted by Crippen LogP contribution is 2.23. The summed E-state index contributed by atoms with van der Waals surface area (Å²) in [6, 6.07) is 5.54. The highest BCUT2D eigenvalue weighted by atomic mass is 35.5. The molecular weight excluding hydrogens is 296 g/mol. The number of amides is 1. The second kappa shape index (κ2) is 6.23. The van der Waals surface area contributed by atoms with Crippen LogP contribution >= 0.6 is 11.6 Å². The predicted molar refractivity (Wildman–Crippen MR) is 77.8 cm³/mol. The molecule has 0 unspecified atom stereocenters. The number of carbonyl (C=O) groups excluding carboxylic acids is 2. The maximum atomic E-state index is 12.0. The Bertz CT molecular complexity index is 755. The van der Waals surface area contributed by atoms with Crippen molar-refractivity contribution in [1.82, 2.24) is 4.98 Å². The average molecular weight is 307 g/mol. The van der Waals surface area contributed by atoms with Gasteiger partial charge in [-0.05, 0) is 18.2 Å². The summed E-state index contributed by atoms with van der Waals surface area (Å²) >= 11 is 5.96. The van der Waals surface area contributed by atoms with Gasteiger partial charge in [0.2, 0.25) is 0 Å². The second-order valence-corrected chi connectivity index (χ2v) is 4.47. The summed E-state index contributed by atoms with van der Waals surface area (Å²) in [7, 11) is 1.25. The van der Waals surface area contributed by atoms with Gasteiger partial charge in [-0.1, -0.05) is 11.6 Å². The number of H-pyrrole nitrogens is 1. The van der Waals surface area contributed by atoms with Gasteiger partial charge in [-0.15, -0.1) is 0 Å². The van der Waals surface area contributed by atoms with Crippen LogP contribution in [0.2, 0.25) is 5.02 Å². The van der Waals surface area contributed by atoms with Crippen LogP contribution in [0.3, 0.4) is 0 Å². The molecule has 1 amide bonds. The summed E-state index contributed by atoms with van der Waals surface area (Å²) in [6.07, 6.45) is 2.71. The van der Waals surface area contributed by atoms with Crippen molar-refractivity contribution in [2.45, 2.75) is 0 Å². The summed E-state index contributed by atoms with van der Waals surface area (Å²) in [5, 5.41) is 2.73. The highest BCUT2D eigenvalue weighted by molar-refractivity contribution is 6.34. The Balaban J connectivity index is 2.31. The van der Waals surface area contributed by atoms with E-state index in [0.29, 0.717) is 0 Å². The number of aromatic nitrogens is 1. The molecule has 0 bridgehead atoms. The van der Waals surface area contributed by atoms with Crippen LogP contribution in [-0.4, -0.2) is 24.0 Å². The fourth-order valence-electron chi connectivity index (χ4n) is 1.65. The number of anilines is 1. The maximum Gasteiger partial charge on any atom is 0.337 e. The number of halogens is 1. The Labute approximate surface area is 124 Å². The normalized spacial score (nSPS) is 10.0. The lowest BCUT2D eigenvalue weighted by Crippen LogP contribution is -2.21. The first-order valence-corrected chi connectivity index (χ1v) is 6.27. The molecular formula is C14H11ClN2O4. The third kappa shape index (κ3) is 3.29. The number of methoxy groups -OCH3 is 1. The topological polar surface area (TPSA) is 88.3 Å². The first-order chi connectivity index (χ1) is 10.0. The van der Waals surface area contributed by atoms with Gasteiger partial charge in [0.1, 0.15) is 5.56 Å². The molecule has 1 heterocycles. The standard InChI is InChI=1S/C14H11ClN2O4/c1-21-14(20)8-2-3-10(15)11(6-8)17-13(19)9-7-16-5-4-12(9)18/h2-7H,1H3,(H,16,18)(H,17,19).